The van der Waals surface area contributed by atoms with Crippen LogP contribution in [0, 0.1) is 11.8 Å². The molecule has 3 amide bonds. The summed E-state index contributed by atoms with van der Waals surface area (Å²) >= 11 is 5.93. The highest BCUT2D eigenvalue weighted by molar-refractivity contribution is 6.30. The molecule has 1 fully saturated rings. The molecule has 25 heavy (non-hydrogen) atoms. The molecule has 1 saturated heterocycles. The molecule has 6 heteroatoms. The highest BCUT2D eigenvalue weighted by Crippen LogP contribution is 2.22. The van der Waals surface area contributed by atoms with Gasteiger partial charge in [-0.1, -0.05) is 31.5 Å². The number of halogens is 1. The number of anilines is 1. The predicted octanol–water partition coefficient (Wildman–Crippen LogP) is 4.14. The molecule has 1 aromatic carbocycles. The maximum Gasteiger partial charge on any atom is 0.321 e. The summed E-state index contributed by atoms with van der Waals surface area (Å²) in [7, 11) is 0. The summed E-state index contributed by atoms with van der Waals surface area (Å²) < 4.78 is 0. The minimum absolute atomic E-state index is 0.109. The van der Waals surface area contributed by atoms with Gasteiger partial charge in [-0.05, 0) is 49.3 Å². The van der Waals surface area contributed by atoms with Gasteiger partial charge in [-0.3, -0.25) is 4.79 Å². The molecule has 2 rings (SSSR count). The summed E-state index contributed by atoms with van der Waals surface area (Å²) in [5.74, 6) is 1.08. The number of benzene rings is 1. The zero-order valence-corrected chi connectivity index (χ0v) is 15.8. The Labute approximate surface area is 155 Å². The summed E-state index contributed by atoms with van der Waals surface area (Å²) in [4.78, 5) is 26.1. The Hall–Kier alpha value is -1.75. The second kappa shape index (κ2) is 9.66. The third-order valence-electron chi connectivity index (χ3n) is 4.50. The molecule has 138 valence electrons. The van der Waals surface area contributed by atoms with Gasteiger partial charge in [-0.25, -0.2) is 4.79 Å². The van der Waals surface area contributed by atoms with Crippen molar-refractivity contribution in [1.29, 1.82) is 0 Å². The van der Waals surface area contributed by atoms with Crippen molar-refractivity contribution in [3.63, 3.8) is 0 Å². The first-order chi connectivity index (χ1) is 11.9. The predicted molar refractivity (Wildman–Crippen MR) is 102 cm³/mol. The van der Waals surface area contributed by atoms with E-state index in [0.29, 0.717) is 42.1 Å². The molecule has 0 aliphatic carbocycles. The van der Waals surface area contributed by atoms with E-state index in [1.165, 1.54) is 0 Å². The maximum atomic E-state index is 12.3. The van der Waals surface area contributed by atoms with Gasteiger partial charge in [-0.2, -0.15) is 0 Å². The first-order valence-corrected chi connectivity index (χ1v) is 9.40. The standard InChI is InChI=1S/C19H28ClN3O2/c1-14(2)6-9-21-18(24)12-15-7-10-23(11-8-15)19(25)22-17-5-3-4-16(20)13-17/h3-5,13-15H,6-12H2,1-2H3,(H,21,24)(H,22,25). The lowest BCUT2D eigenvalue weighted by Gasteiger charge is -2.31. The van der Waals surface area contributed by atoms with Gasteiger partial charge in [0.1, 0.15) is 0 Å². The molecular formula is C19H28ClN3O2. The molecule has 0 atom stereocenters. The Morgan fingerprint density at radius 1 is 1.28 bits per heavy atom. The van der Waals surface area contributed by atoms with Crippen LogP contribution in [0.3, 0.4) is 0 Å². The highest BCUT2D eigenvalue weighted by atomic mass is 35.5. The molecule has 2 N–H and O–H groups in total. The Morgan fingerprint density at radius 3 is 2.64 bits per heavy atom. The Bertz CT molecular complexity index is 584. The van der Waals surface area contributed by atoms with Crippen LogP contribution in [-0.2, 0) is 4.79 Å². The normalized spacial score (nSPS) is 15.3. The average Bonchev–Trinajstić information content (AvgIpc) is 2.55. The molecule has 0 bridgehead atoms. The van der Waals surface area contributed by atoms with Gasteiger partial charge in [0.15, 0.2) is 0 Å². The highest BCUT2D eigenvalue weighted by Gasteiger charge is 2.24. The van der Waals surface area contributed by atoms with Crippen LogP contribution < -0.4 is 10.6 Å². The number of nitrogens with one attached hydrogen (secondary N) is 2. The Kier molecular flexibility index (Phi) is 7.56. The van der Waals surface area contributed by atoms with E-state index in [9.17, 15) is 9.59 Å². The number of likely N-dealkylation sites (tertiary alicyclic amines) is 1. The maximum absolute atomic E-state index is 12.3. The summed E-state index contributed by atoms with van der Waals surface area (Å²) in [5, 5.41) is 6.46. The molecule has 1 aliphatic heterocycles. The molecule has 0 unspecified atom stereocenters. The van der Waals surface area contributed by atoms with Gasteiger partial charge in [0.2, 0.25) is 5.91 Å². The lowest BCUT2D eigenvalue weighted by Crippen LogP contribution is -2.42. The number of carbonyl (C=O) groups is 2. The number of hydrogen-bond acceptors (Lipinski definition) is 2. The van der Waals surface area contributed by atoms with E-state index in [-0.39, 0.29) is 11.9 Å². The van der Waals surface area contributed by atoms with E-state index in [1.54, 1.807) is 17.0 Å². The molecule has 0 saturated carbocycles. The fourth-order valence-electron chi connectivity index (χ4n) is 2.94. The van der Waals surface area contributed by atoms with Crippen LogP contribution in [0.5, 0.6) is 0 Å². The molecule has 0 aromatic heterocycles. The quantitative estimate of drug-likeness (QED) is 0.795. The number of nitrogens with zero attached hydrogens (tertiary/aromatic N) is 1. The topological polar surface area (TPSA) is 61.4 Å². The monoisotopic (exact) mass is 365 g/mol. The fourth-order valence-corrected chi connectivity index (χ4v) is 3.13. The second-order valence-electron chi connectivity index (χ2n) is 7.11. The molecule has 1 aliphatic rings. The van der Waals surface area contributed by atoms with Crippen molar-refractivity contribution in [2.75, 3.05) is 25.0 Å². The van der Waals surface area contributed by atoms with Crippen LogP contribution in [-0.4, -0.2) is 36.5 Å². The number of piperidine rings is 1. The smallest absolute Gasteiger partial charge is 0.321 e. The van der Waals surface area contributed by atoms with Crippen molar-refractivity contribution in [2.45, 2.75) is 39.5 Å². The number of rotatable bonds is 6. The molecule has 0 radical (unpaired) electrons. The van der Waals surface area contributed by atoms with Gasteiger partial charge in [0.05, 0.1) is 0 Å². The van der Waals surface area contributed by atoms with Gasteiger partial charge in [0.25, 0.3) is 0 Å². The van der Waals surface area contributed by atoms with Crippen molar-refractivity contribution in [3.05, 3.63) is 29.3 Å². The number of hydrogen-bond donors (Lipinski definition) is 2. The van der Waals surface area contributed by atoms with Crippen molar-refractivity contribution in [3.8, 4) is 0 Å². The van der Waals surface area contributed by atoms with Crippen LogP contribution in [0.15, 0.2) is 24.3 Å². The van der Waals surface area contributed by atoms with E-state index < -0.39 is 0 Å². The SMILES string of the molecule is CC(C)CCNC(=O)CC1CCN(C(=O)Nc2cccc(Cl)c2)CC1. The largest absolute Gasteiger partial charge is 0.356 e. The van der Waals surface area contributed by atoms with E-state index in [1.807, 2.05) is 12.1 Å². The van der Waals surface area contributed by atoms with Crippen LogP contribution in [0.1, 0.15) is 39.5 Å². The summed E-state index contributed by atoms with van der Waals surface area (Å²) in [6, 6.07) is 7.02. The zero-order chi connectivity index (χ0) is 18.2. The lowest BCUT2D eigenvalue weighted by atomic mass is 9.93. The molecule has 5 nitrogen and oxygen atoms in total. The van der Waals surface area contributed by atoms with Crippen LogP contribution in [0.4, 0.5) is 10.5 Å². The molecule has 0 spiro atoms. The van der Waals surface area contributed by atoms with Crippen molar-refractivity contribution >= 4 is 29.2 Å². The fraction of sp³-hybridized carbons (Fsp3) is 0.579. The lowest BCUT2D eigenvalue weighted by molar-refractivity contribution is -0.122. The number of carbonyl (C=O) groups excluding carboxylic acids is 2. The van der Waals surface area contributed by atoms with Crippen LogP contribution in [0.2, 0.25) is 5.02 Å². The molecule has 1 aromatic rings. The van der Waals surface area contributed by atoms with E-state index >= 15 is 0 Å². The summed E-state index contributed by atoms with van der Waals surface area (Å²) in [6.45, 7) is 6.40. The van der Waals surface area contributed by atoms with E-state index in [0.717, 1.165) is 25.8 Å². The van der Waals surface area contributed by atoms with E-state index in [2.05, 4.69) is 24.5 Å². The van der Waals surface area contributed by atoms with Gasteiger partial charge in [0, 0.05) is 36.8 Å². The minimum Gasteiger partial charge on any atom is -0.356 e. The van der Waals surface area contributed by atoms with Crippen molar-refractivity contribution < 1.29 is 9.59 Å². The number of urea groups is 1. The van der Waals surface area contributed by atoms with Gasteiger partial charge >= 0.3 is 6.03 Å². The first-order valence-electron chi connectivity index (χ1n) is 9.02. The van der Waals surface area contributed by atoms with Gasteiger partial charge in [-0.15, -0.1) is 0 Å². The Morgan fingerprint density at radius 2 is 2.00 bits per heavy atom. The second-order valence-corrected chi connectivity index (χ2v) is 7.54. The third-order valence-corrected chi connectivity index (χ3v) is 4.73. The first kappa shape index (κ1) is 19.6. The van der Waals surface area contributed by atoms with Crippen LogP contribution >= 0.6 is 11.6 Å². The summed E-state index contributed by atoms with van der Waals surface area (Å²) in [5.41, 5.74) is 0.698. The van der Waals surface area contributed by atoms with E-state index in [4.69, 9.17) is 11.6 Å². The van der Waals surface area contributed by atoms with Crippen LogP contribution in [0.25, 0.3) is 0 Å². The molecule has 1 heterocycles. The average molecular weight is 366 g/mol. The summed E-state index contributed by atoms with van der Waals surface area (Å²) in [6.07, 6.45) is 3.29. The van der Waals surface area contributed by atoms with Crippen molar-refractivity contribution in [2.24, 2.45) is 11.8 Å². The zero-order valence-electron chi connectivity index (χ0n) is 15.1. The minimum atomic E-state index is -0.109. The number of amides is 3. The van der Waals surface area contributed by atoms with Crippen molar-refractivity contribution in [1.82, 2.24) is 10.2 Å². The van der Waals surface area contributed by atoms with Gasteiger partial charge < -0.3 is 15.5 Å². The molecular weight excluding hydrogens is 338 g/mol. The third kappa shape index (κ3) is 6.94. The Balaban J connectivity index is 1.70.